The third kappa shape index (κ3) is 5.49. The summed E-state index contributed by atoms with van der Waals surface area (Å²) in [5.41, 5.74) is 10.5. The zero-order chi connectivity index (χ0) is 9.72. The lowest BCUT2D eigenvalue weighted by atomic mass is 9.99. The molecule has 4 nitrogen and oxygen atoms in total. The van der Waals surface area contributed by atoms with Gasteiger partial charge in [0.2, 0.25) is 0 Å². The van der Waals surface area contributed by atoms with Crippen LogP contribution < -0.4 is 11.5 Å². The summed E-state index contributed by atoms with van der Waals surface area (Å²) < 4.78 is 0. The molecule has 0 amide bonds. The van der Waals surface area contributed by atoms with E-state index in [2.05, 4.69) is 0 Å². The lowest BCUT2D eigenvalue weighted by Gasteiger charge is -2.20. The Morgan fingerprint density at radius 2 is 1.42 bits per heavy atom. The minimum atomic E-state index is -0.799. The quantitative estimate of drug-likeness (QED) is 0.420. The van der Waals surface area contributed by atoms with E-state index in [9.17, 15) is 10.2 Å². The second kappa shape index (κ2) is 5.48. The van der Waals surface area contributed by atoms with Gasteiger partial charge in [0.25, 0.3) is 0 Å². The molecule has 0 aromatic carbocycles. The topological polar surface area (TPSA) is 92.5 Å². The molecule has 74 valence electrons. The van der Waals surface area contributed by atoms with Gasteiger partial charge in [0.05, 0.1) is 18.4 Å². The van der Waals surface area contributed by atoms with Gasteiger partial charge in [-0.05, 0) is 12.3 Å². The van der Waals surface area contributed by atoms with Crippen LogP contribution >= 0.6 is 0 Å². The first-order chi connectivity index (χ1) is 5.43. The summed E-state index contributed by atoms with van der Waals surface area (Å²) in [7, 11) is 0. The van der Waals surface area contributed by atoms with Crippen LogP contribution in [0.2, 0.25) is 0 Å². The van der Waals surface area contributed by atoms with E-state index < -0.39 is 18.4 Å². The molecule has 0 aliphatic rings. The average molecular weight is 176 g/mol. The van der Waals surface area contributed by atoms with Gasteiger partial charge in [-0.15, -0.1) is 0 Å². The van der Waals surface area contributed by atoms with Crippen molar-refractivity contribution in [2.24, 2.45) is 17.4 Å². The minimum absolute atomic E-state index is 0.244. The Kier molecular flexibility index (Phi) is 5.41. The molecule has 0 saturated heterocycles. The standard InChI is InChI=1S/C8H20N2O2/c1-5(2)3-6(11)7(12)4-8(9)10/h5-8,11-12H,3-4,9-10H2,1-2H3/t6-,7+/m0/s1. The van der Waals surface area contributed by atoms with Crippen LogP contribution in [0.15, 0.2) is 0 Å². The first kappa shape index (κ1) is 11.8. The van der Waals surface area contributed by atoms with Gasteiger partial charge in [0.1, 0.15) is 0 Å². The molecule has 12 heavy (non-hydrogen) atoms. The predicted molar refractivity (Wildman–Crippen MR) is 48.2 cm³/mol. The molecule has 0 heterocycles. The molecule has 0 aliphatic heterocycles. The Labute approximate surface area is 73.6 Å². The summed E-state index contributed by atoms with van der Waals surface area (Å²) in [6.07, 6.45) is -1.24. The highest BCUT2D eigenvalue weighted by Gasteiger charge is 2.18. The van der Waals surface area contributed by atoms with Crippen LogP contribution in [0, 0.1) is 5.92 Å². The number of nitrogens with two attached hydrogens (primary N) is 2. The van der Waals surface area contributed by atoms with E-state index in [-0.39, 0.29) is 6.42 Å². The highest BCUT2D eigenvalue weighted by atomic mass is 16.3. The Hall–Kier alpha value is -0.160. The van der Waals surface area contributed by atoms with Gasteiger partial charge in [-0.1, -0.05) is 13.8 Å². The smallest absolute Gasteiger partial charge is 0.0826 e. The van der Waals surface area contributed by atoms with Gasteiger partial charge in [-0.3, -0.25) is 0 Å². The monoisotopic (exact) mass is 176 g/mol. The molecular formula is C8H20N2O2. The molecule has 0 fully saturated rings. The van der Waals surface area contributed by atoms with E-state index in [0.29, 0.717) is 12.3 Å². The van der Waals surface area contributed by atoms with Crippen molar-refractivity contribution in [3.8, 4) is 0 Å². The SMILES string of the molecule is CC(C)C[C@H](O)[C@H](O)CC(N)N. The number of aliphatic hydroxyl groups is 2. The molecule has 0 bridgehead atoms. The first-order valence-electron chi connectivity index (χ1n) is 4.30. The van der Waals surface area contributed by atoms with Crippen LogP contribution in [-0.2, 0) is 0 Å². The Morgan fingerprint density at radius 1 is 1.00 bits per heavy atom. The van der Waals surface area contributed by atoms with Crippen molar-refractivity contribution in [2.45, 2.75) is 45.1 Å². The molecule has 0 spiro atoms. The minimum Gasteiger partial charge on any atom is -0.390 e. The molecule has 6 N–H and O–H groups in total. The van der Waals surface area contributed by atoms with Crippen LogP contribution in [-0.4, -0.2) is 28.6 Å². The van der Waals surface area contributed by atoms with Gasteiger partial charge in [0, 0.05) is 6.42 Å². The van der Waals surface area contributed by atoms with Crippen molar-refractivity contribution in [1.82, 2.24) is 0 Å². The molecular weight excluding hydrogens is 156 g/mol. The molecule has 0 unspecified atom stereocenters. The van der Waals surface area contributed by atoms with E-state index in [1.54, 1.807) is 0 Å². The van der Waals surface area contributed by atoms with E-state index in [1.165, 1.54) is 0 Å². The van der Waals surface area contributed by atoms with Crippen LogP contribution in [0.5, 0.6) is 0 Å². The summed E-state index contributed by atoms with van der Waals surface area (Å²) in [4.78, 5) is 0. The highest BCUT2D eigenvalue weighted by Crippen LogP contribution is 2.10. The molecule has 0 radical (unpaired) electrons. The molecule has 0 aliphatic carbocycles. The number of hydrogen-bond donors (Lipinski definition) is 4. The van der Waals surface area contributed by atoms with Gasteiger partial charge in [-0.2, -0.15) is 0 Å². The van der Waals surface area contributed by atoms with Crippen molar-refractivity contribution in [3.63, 3.8) is 0 Å². The van der Waals surface area contributed by atoms with Crippen LogP contribution in [0.3, 0.4) is 0 Å². The van der Waals surface area contributed by atoms with Gasteiger partial charge < -0.3 is 21.7 Å². The van der Waals surface area contributed by atoms with E-state index in [4.69, 9.17) is 11.5 Å². The predicted octanol–water partition coefficient (Wildman–Crippen LogP) is -0.612. The van der Waals surface area contributed by atoms with Crippen molar-refractivity contribution < 1.29 is 10.2 Å². The Morgan fingerprint density at radius 3 is 1.75 bits per heavy atom. The molecule has 0 aromatic rings. The second-order valence-corrected chi connectivity index (χ2v) is 3.66. The number of aliphatic hydroxyl groups excluding tert-OH is 2. The zero-order valence-electron chi connectivity index (χ0n) is 7.77. The fourth-order valence-electron chi connectivity index (χ4n) is 1.08. The van der Waals surface area contributed by atoms with Crippen LogP contribution in [0.4, 0.5) is 0 Å². The van der Waals surface area contributed by atoms with Gasteiger partial charge >= 0.3 is 0 Å². The fourth-order valence-corrected chi connectivity index (χ4v) is 1.08. The zero-order valence-corrected chi connectivity index (χ0v) is 7.77. The van der Waals surface area contributed by atoms with E-state index in [1.807, 2.05) is 13.8 Å². The second-order valence-electron chi connectivity index (χ2n) is 3.66. The third-order valence-corrected chi connectivity index (χ3v) is 1.67. The molecule has 0 saturated carbocycles. The van der Waals surface area contributed by atoms with E-state index in [0.717, 1.165) is 0 Å². The highest BCUT2D eigenvalue weighted by molar-refractivity contribution is 4.71. The van der Waals surface area contributed by atoms with E-state index >= 15 is 0 Å². The van der Waals surface area contributed by atoms with Crippen molar-refractivity contribution in [1.29, 1.82) is 0 Å². The summed E-state index contributed by atoms with van der Waals surface area (Å²) in [6, 6.07) is 0. The summed E-state index contributed by atoms with van der Waals surface area (Å²) >= 11 is 0. The number of rotatable bonds is 5. The van der Waals surface area contributed by atoms with Crippen LogP contribution in [0.1, 0.15) is 26.7 Å². The van der Waals surface area contributed by atoms with Crippen LogP contribution in [0.25, 0.3) is 0 Å². The maximum absolute atomic E-state index is 9.38. The summed E-state index contributed by atoms with van der Waals surface area (Å²) in [6.45, 7) is 3.97. The largest absolute Gasteiger partial charge is 0.390 e. The van der Waals surface area contributed by atoms with Gasteiger partial charge in [-0.25, -0.2) is 0 Å². The summed E-state index contributed by atoms with van der Waals surface area (Å²) in [5.74, 6) is 0.364. The van der Waals surface area contributed by atoms with Crippen molar-refractivity contribution in [3.05, 3.63) is 0 Å². The maximum Gasteiger partial charge on any atom is 0.0826 e. The summed E-state index contributed by atoms with van der Waals surface area (Å²) in [5, 5.41) is 18.7. The number of hydrogen-bond acceptors (Lipinski definition) is 4. The molecule has 4 heteroatoms. The molecule has 0 rings (SSSR count). The maximum atomic E-state index is 9.38. The third-order valence-electron chi connectivity index (χ3n) is 1.67. The normalized spacial score (nSPS) is 17.0. The Balaban J connectivity index is 3.68. The van der Waals surface area contributed by atoms with Crippen molar-refractivity contribution >= 4 is 0 Å². The lowest BCUT2D eigenvalue weighted by Crippen LogP contribution is -2.39. The fraction of sp³-hybridized carbons (Fsp3) is 1.00. The van der Waals surface area contributed by atoms with Crippen molar-refractivity contribution in [2.75, 3.05) is 0 Å². The average Bonchev–Trinajstić information content (AvgIpc) is 1.84. The molecule has 0 aromatic heterocycles. The Bertz CT molecular complexity index is 104. The first-order valence-corrected chi connectivity index (χ1v) is 4.30. The van der Waals surface area contributed by atoms with Gasteiger partial charge in [0.15, 0.2) is 0 Å². The molecule has 2 atom stereocenters. The lowest BCUT2D eigenvalue weighted by molar-refractivity contribution is -0.0000641.